The van der Waals surface area contributed by atoms with Crippen molar-refractivity contribution in [3.8, 4) is 0 Å². The molecule has 3 heterocycles. The Kier molecular flexibility index (Phi) is 33.9. The summed E-state index contributed by atoms with van der Waals surface area (Å²) in [5.74, 6) is -19.2. The van der Waals surface area contributed by atoms with E-state index in [1.165, 1.54) is 38.1 Å². The van der Waals surface area contributed by atoms with Crippen molar-refractivity contribution in [3.05, 3.63) is 18.2 Å². The van der Waals surface area contributed by atoms with Crippen molar-refractivity contribution in [2.75, 3.05) is 38.2 Å². The number of imidazole rings is 1. The molecule has 0 spiro atoms. The van der Waals surface area contributed by atoms with Gasteiger partial charge in [0.05, 0.1) is 50.0 Å². The minimum absolute atomic E-state index is 0.0109. The van der Waals surface area contributed by atoms with E-state index < -0.39 is 212 Å². The summed E-state index contributed by atoms with van der Waals surface area (Å²) in [6.45, 7) is 4.75. The summed E-state index contributed by atoms with van der Waals surface area (Å²) in [4.78, 5) is 212. The Hall–Kier alpha value is -9.00. The molecule has 12 atom stereocenters. The van der Waals surface area contributed by atoms with Crippen LogP contribution in [0.5, 0.6) is 0 Å². The zero-order chi connectivity index (χ0) is 70.4. The SMILES string of the molecule is CC[C@H](C)[C@@H]1NC(=O)[C@H](CCSC)NC(=O)[C@H](CCCNC(=N)N)NC(=O)[C@H](CO)NC(=O)[C@H](CCC(=O)O)NC(=O)[C@H](CC(=O)O)NCCCCC(=O)[C@H](Cc2c[nH]cn2)NC(=O)[C@H](CC(=O)O)NC(=O)[C@H](C(C)C)NC(=O)[C@@H]2CCCN2C(=O)[C@H](CC(=O)O)NC1=O. The Bertz CT molecular complexity index is 2850. The first-order valence-corrected chi connectivity index (χ1v) is 32.1. The number of Topliss-reactive ketones (excluding diaryl/α,β-unsaturated/α-hetero) is 1. The topological polar surface area (TPSA) is 571 Å². The Balaban J connectivity index is 2.18. The fourth-order valence-electron chi connectivity index (χ4n) is 10.1. The van der Waals surface area contributed by atoms with Crippen LogP contribution in [0.4, 0.5) is 0 Å². The van der Waals surface area contributed by atoms with Gasteiger partial charge in [-0.05, 0) is 81.8 Å². The largest absolute Gasteiger partial charge is 0.481 e. The van der Waals surface area contributed by atoms with Crippen LogP contribution in [0.15, 0.2) is 12.5 Å². The number of aromatic amines is 1. The number of H-pyrrole nitrogens is 1. The molecule has 36 nitrogen and oxygen atoms in total. The Morgan fingerprint density at radius 2 is 1.15 bits per heavy atom. The van der Waals surface area contributed by atoms with Crippen molar-refractivity contribution in [2.45, 2.75) is 190 Å². The van der Waals surface area contributed by atoms with Gasteiger partial charge in [0.15, 0.2) is 11.7 Å². The number of hydrogen-bond donors (Lipinski definition) is 19. The molecular formula is C57H90N16O20S. The third-order valence-corrected chi connectivity index (χ3v) is 16.1. The number of fused-ring (bicyclic) bond motifs is 1. The number of nitrogens with two attached hydrogens (primary N) is 1. The number of thioether (sulfide) groups is 1. The zero-order valence-corrected chi connectivity index (χ0v) is 53.9. The average Bonchev–Trinajstić information content (AvgIpc) is 1.58. The van der Waals surface area contributed by atoms with E-state index in [4.69, 9.17) is 11.1 Å². The van der Waals surface area contributed by atoms with Gasteiger partial charge in [-0.25, -0.2) is 4.98 Å². The van der Waals surface area contributed by atoms with Gasteiger partial charge >= 0.3 is 23.9 Å². The zero-order valence-electron chi connectivity index (χ0n) is 53.0. The van der Waals surface area contributed by atoms with Gasteiger partial charge in [0.2, 0.25) is 59.1 Å². The van der Waals surface area contributed by atoms with Crippen LogP contribution in [-0.2, 0) is 78.3 Å². The second-order valence-electron chi connectivity index (χ2n) is 23.1. The van der Waals surface area contributed by atoms with Crippen LogP contribution in [-0.4, -0.2) is 240 Å². The van der Waals surface area contributed by atoms with E-state index in [1.54, 1.807) is 20.1 Å². The molecule has 0 radical (unpaired) electrons. The number of guanidine groups is 1. The predicted octanol–water partition coefficient (Wildman–Crippen LogP) is -4.98. The van der Waals surface area contributed by atoms with Gasteiger partial charge in [0, 0.05) is 38.5 Å². The van der Waals surface area contributed by atoms with Gasteiger partial charge in [-0.3, -0.25) is 77.3 Å². The number of carbonyl (C=O) groups is 15. The Morgan fingerprint density at radius 1 is 0.638 bits per heavy atom. The lowest BCUT2D eigenvalue weighted by molar-refractivity contribution is -0.146. The maximum absolute atomic E-state index is 14.5. The van der Waals surface area contributed by atoms with Gasteiger partial charge in [0.25, 0.3) is 0 Å². The number of aliphatic hydroxyl groups is 1. The number of amides is 10. The highest BCUT2D eigenvalue weighted by Gasteiger charge is 2.43. The summed E-state index contributed by atoms with van der Waals surface area (Å²) >= 11 is 1.26. The molecule has 37 heteroatoms. The second kappa shape index (κ2) is 40.2. The number of aromatic nitrogens is 2. The van der Waals surface area contributed by atoms with Crippen molar-refractivity contribution < 1.29 is 97.5 Å². The number of hydrogen-bond acceptors (Lipinski definition) is 20. The van der Waals surface area contributed by atoms with Crippen LogP contribution >= 0.6 is 11.8 Å². The summed E-state index contributed by atoms with van der Waals surface area (Å²) in [5.41, 5.74) is 5.71. The van der Waals surface area contributed by atoms with Crippen molar-refractivity contribution in [3.63, 3.8) is 0 Å². The smallest absolute Gasteiger partial charge is 0.305 e. The first-order valence-electron chi connectivity index (χ1n) is 30.7. The van der Waals surface area contributed by atoms with E-state index in [2.05, 4.69) is 68.5 Å². The summed E-state index contributed by atoms with van der Waals surface area (Å²) in [5, 5.41) is 84.4. The molecule has 3 rings (SSSR count). The number of carboxylic acids is 4. The summed E-state index contributed by atoms with van der Waals surface area (Å²) in [6, 6.07) is -18.0. The quantitative estimate of drug-likeness (QED) is 0.0294. The van der Waals surface area contributed by atoms with Crippen molar-refractivity contribution >= 4 is 106 Å². The molecular weight excluding hydrogens is 1260 g/mol. The van der Waals surface area contributed by atoms with E-state index in [0.29, 0.717) is 0 Å². The normalized spacial score (nSPS) is 25.7. The highest BCUT2D eigenvalue weighted by Crippen LogP contribution is 2.22. The number of nitrogens with one attached hydrogen (secondary N) is 13. The molecule has 94 heavy (non-hydrogen) atoms. The molecule has 0 saturated carbocycles. The molecule has 0 unspecified atom stereocenters. The van der Waals surface area contributed by atoms with E-state index in [0.717, 1.165) is 4.90 Å². The monoisotopic (exact) mass is 1350 g/mol. The van der Waals surface area contributed by atoms with Crippen LogP contribution in [0.2, 0.25) is 0 Å². The molecule has 10 amide bonds. The first kappa shape index (κ1) is 79.2. The molecule has 524 valence electrons. The van der Waals surface area contributed by atoms with Crippen LogP contribution < -0.4 is 64.2 Å². The Morgan fingerprint density at radius 3 is 1.71 bits per heavy atom. The molecule has 0 aliphatic carbocycles. The van der Waals surface area contributed by atoms with E-state index in [9.17, 15) is 97.5 Å². The van der Waals surface area contributed by atoms with Crippen molar-refractivity contribution in [1.29, 1.82) is 5.41 Å². The van der Waals surface area contributed by atoms with Gasteiger partial charge in [0.1, 0.15) is 54.4 Å². The maximum atomic E-state index is 14.5. The maximum Gasteiger partial charge on any atom is 0.305 e. The molecule has 2 saturated heterocycles. The molecule has 1 aromatic rings. The van der Waals surface area contributed by atoms with Crippen LogP contribution in [0.25, 0.3) is 0 Å². The molecule has 1 aromatic heterocycles. The fourth-order valence-corrected chi connectivity index (χ4v) is 10.6. The Labute approximate surface area is 545 Å². The average molecular weight is 1350 g/mol. The lowest BCUT2D eigenvalue weighted by atomic mass is 9.97. The number of carbonyl (C=O) groups excluding carboxylic acids is 11. The minimum Gasteiger partial charge on any atom is -0.481 e. The highest BCUT2D eigenvalue weighted by atomic mass is 32.2. The number of nitrogens with zero attached hydrogens (tertiary/aromatic N) is 2. The van der Waals surface area contributed by atoms with Gasteiger partial charge in [-0.1, -0.05) is 34.1 Å². The van der Waals surface area contributed by atoms with Crippen LogP contribution in [0.3, 0.4) is 0 Å². The summed E-state index contributed by atoms with van der Waals surface area (Å²) in [7, 11) is 0. The lowest BCUT2D eigenvalue weighted by Gasteiger charge is -2.32. The number of ketones is 1. The third kappa shape index (κ3) is 26.9. The number of rotatable bonds is 22. The minimum atomic E-state index is -1.92. The summed E-state index contributed by atoms with van der Waals surface area (Å²) in [6.07, 6.45) is -0.402. The molecule has 0 bridgehead atoms. The van der Waals surface area contributed by atoms with E-state index in [-0.39, 0.29) is 95.3 Å². The fraction of sp³-hybridized carbons (Fsp3) is 0.667. The van der Waals surface area contributed by atoms with Crippen LogP contribution in [0, 0.1) is 17.2 Å². The molecule has 0 aromatic carbocycles. The second-order valence-corrected chi connectivity index (χ2v) is 24.1. The van der Waals surface area contributed by atoms with Crippen molar-refractivity contribution in [1.82, 2.24) is 73.4 Å². The number of aliphatic hydroxyl groups excluding tert-OH is 1. The van der Waals surface area contributed by atoms with Gasteiger partial charge in [-0.15, -0.1) is 0 Å². The molecule has 2 aliphatic heterocycles. The standard InChI is InChI=1S/C57H90N16O20S/c1-6-29(4)46-55(92)69-37(24-44(82)83)56(93)73-19-10-12-39(73)53(90)71-45(28(2)3)54(91)68-36(23-43(80)81)51(88)67-34(21-30-25-60-27-63-30)40(75)13-7-8-17-61-35(22-42(78)79)50(87)65-32(14-15-41(76)77)48(85)70-38(26-74)52(89)64-31(11-9-18-62-57(58)59)47(84)66-33(16-20-94-5)49(86)72-46/h25,27-29,31-39,45-46,61,74H,6-24,26H2,1-5H3,(H,60,63)(H,64,89)(H,65,87)(H,66,84)(H,67,88)(H,68,91)(H,69,92)(H,70,85)(H,71,90)(H,72,86)(H,76,77)(H,78,79)(H,80,81)(H,82,83)(H4,58,59,62)/t29-,31-,32-,33-,34-,35-,36-,37-,38-,39-,45-,46-/m0/s1. The van der Waals surface area contributed by atoms with E-state index >= 15 is 0 Å². The van der Waals surface area contributed by atoms with E-state index in [1.807, 2.05) is 0 Å². The lowest BCUT2D eigenvalue weighted by Crippen LogP contribution is -2.62. The third-order valence-electron chi connectivity index (χ3n) is 15.4. The molecule has 2 aliphatic rings. The van der Waals surface area contributed by atoms with Gasteiger partial charge < -0.3 is 99.6 Å². The first-order chi connectivity index (χ1) is 44.4. The highest BCUT2D eigenvalue weighted by molar-refractivity contribution is 7.98. The predicted molar refractivity (Wildman–Crippen MR) is 332 cm³/mol. The van der Waals surface area contributed by atoms with Crippen molar-refractivity contribution in [2.24, 2.45) is 17.6 Å². The molecule has 20 N–H and O–H groups in total. The number of carboxylic acid groups (broad SMARTS) is 4. The number of aliphatic carboxylic acids is 4. The van der Waals surface area contributed by atoms with Gasteiger partial charge in [-0.2, -0.15) is 11.8 Å². The van der Waals surface area contributed by atoms with Crippen LogP contribution in [0.1, 0.15) is 123 Å². The molecule has 2 fully saturated rings. The summed E-state index contributed by atoms with van der Waals surface area (Å²) < 4.78 is 0.